The Hall–Kier alpha value is -2.92. The Morgan fingerprint density at radius 1 is 1.24 bits per heavy atom. The lowest BCUT2D eigenvalue weighted by atomic mass is 10.0. The summed E-state index contributed by atoms with van der Waals surface area (Å²) in [5, 5.41) is 2.39. The largest absolute Gasteiger partial charge is 0.465 e. The van der Waals surface area contributed by atoms with E-state index in [0.29, 0.717) is 18.0 Å². The third-order valence-electron chi connectivity index (χ3n) is 5.24. The third-order valence-corrected chi connectivity index (χ3v) is 8.53. The second-order valence-corrected chi connectivity index (χ2v) is 11.3. The summed E-state index contributed by atoms with van der Waals surface area (Å²) in [5.41, 5.74) is 1.12. The molecule has 0 spiro atoms. The quantitative estimate of drug-likeness (QED) is 0.611. The minimum atomic E-state index is -3.55. The van der Waals surface area contributed by atoms with Gasteiger partial charge in [0.15, 0.2) is 9.84 Å². The lowest BCUT2D eigenvalue weighted by Gasteiger charge is -2.26. The van der Waals surface area contributed by atoms with Crippen LogP contribution < -0.4 is 5.32 Å². The van der Waals surface area contributed by atoms with Crippen molar-refractivity contribution in [1.29, 1.82) is 0 Å². The van der Waals surface area contributed by atoms with Crippen LogP contribution >= 0.6 is 11.3 Å². The molecule has 1 N–H and O–H groups in total. The fraction of sp³-hybridized carbons (Fsp3) is 0.409. The molecule has 0 atom stereocenters. The number of nitrogens with zero attached hydrogens (tertiary/aromatic N) is 1. The highest BCUT2D eigenvalue weighted by Gasteiger charge is 2.31. The number of anilines is 1. The highest BCUT2D eigenvalue weighted by molar-refractivity contribution is 7.92. The Kier molecular flexibility index (Phi) is 7.43. The molecule has 0 saturated heterocycles. The molecule has 0 fully saturated rings. The maximum absolute atomic E-state index is 13.0. The highest BCUT2D eigenvalue weighted by atomic mass is 32.2. The first kappa shape index (κ1) is 24.7. The zero-order valence-electron chi connectivity index (χ0n) is 18.8. The van der Waals surface area contributed by atoms with E-state index >= 15 is 0 Å². The average Bonchev–Trinajstić information content (AvgIpc) is 3.15. The maximum atomic E-state index is 13.0. The van der Waals surface area contributed by atoms with Crippen LogP contribution in [-0.4, -0.2) is 56.8 Å². The molecule has 9 nitrogen and oxygen atoms in total. The van der Waals surface area contributed by atoms with E-state index in [0.717, 1.165) is 10.4 Å². The normalized spacial score (nSPS) is 13.4. The van der Waals surface area contributed by atoms with Gasteiger partial charge in [-0.2, -0.15) is 0 Å². The van der Waals surface area contributed by atoms with Crippen molar-refractivity contribution in [1.82, 2.24) is 4.90 Å². The molecular formula is C22H26N2O7S2. The first-order valence-electron chi connectivity index (χ1n) is 10.4. The van der Waals surface area contributed by atoms with E-state index in [1.165, 1.54) is 47.6 Å². The summed E-state index contributed by atoms with van der Waals surface area (Å²) >= 11 is 1.18. The van der Waals surface area contributed by atoms with Crippen LogP contribution in [0.1, 0.15) is 51.9 Å². The van der Waals surface area contributed by atoms with Gasteiger partial charge in [0.05, 0.1) is 36.0 Å². The van der Waals surface area contributed by atoms with Gasteiger partial charge in [-0.05, 0) is 51.0 Å². The Morgan fingerprint density at radius 3 is 2.61 bits per heavy atom. The number of amides is 2. The molecule has 1 aromatic carbocycles. The summed E-state index contributed by atoms with van der Waals surface area (Å²) < 4.78 is 34.9. The minimum absolute atomic E-state index is 0.0499. The predicted octanol–water partition coefficient (Wildman–Crippen LogP) is 3.48. The molecule has 2 amide bonds. The Balaban J connectivity index is 1.92. The van der Waals surface area contributed by atoms with Crippen molar-refractivity contribution >= 4 is 44.1 Å². The molecule has 1 aromatic heterocycles. The predicted molar refractivity (Wildman–Crippen MR) is 124 cm³/mol. The number of sulfone groups is 1. The van der Waals surface area contributed by atoms with Gasteiger partial charge in [0.2, 0.25) is 0 Å². The number of esters is 1. The van der Waals surface area contributed by atoms with E-state index in [4.69, 9.17) is 9.47 Å². The monoisotopic (exact) mass is 494 g/mol. The smallest absolute Gasteiger partial charge is 0.410 e. The van der Waals surface area contributed by atoms with Crippen molar-refractivity contribution in [2.45, 2.75) is 43.9 Å². The second kappa shape index (κ2) is 9.92. The van der Waals surface area contributed by atoms with Gasteiger partial charge in [0.25, 0.3) is 5.91 Å². The van der Waals surface area contributed by atoms with Gasteiger partial charge >= 0.3 is 12.1 Å². The molecular weight excluding hydrogens is 468 g/mol. The van der Waals surface area contributed by atoms with Crippen molar-refractivity contribution in [3.8, 4) is 0 Å². The number of ether oxygens (including phenoxy) is 2. The van der Waals surface area contributed by atoms with E-state index in [-0.39, 0.29) is 29.2 Å². The van der Waals surface area contributed by atoms with Crippen molar-refractivity contribution in [2.24, 2.45) is 0 Å². The number of hydrogen-bond acceptors (Lipinski definition) is 8. The number of carbonyl (C=O) groups is 3. The molecule has 1 aliphatic heterocycles. The fourth-order valence-corrected chi connectivity index (χ4v) is 5.79. The average molecular weight is 495 g/mol. The Morgan fingerprint density at radius 2 is 1.97 bits per heavy atom. The highest BCUT2D eigenvalue weighted by Crippen LogP contribution is 2.38. The molecule has 0 bridgehead atoms. The van der Waals surface area contributed by atoms with Gasteiger partial charge in [0.1, 0.15) is 5.00 Å². The van der Waals surface area contributed by atoms with Gasteiger partial charge in [-0.15, -0.1) is 11.3 Å². The van der Waals surface area contributed by atoms with Gasteiger partial charge < -0.3 is 19.7 Å². The molecule has 33 heavy (non-hydrogen) atoms. The summed E-state index contributed by atoms with van der Waals surface area (Å²) in [7, 11) is -2.30. The van der Waals surface area contributed by atoms with Crippen LogP contribution in [0.4, 0.5) is 9.80 Å². The third kappa shape index (κ3) is 5.03. The molecule has 1 aliphatic rings. The van der Waals surface area contributed by atoms with Crippen LogP contribution in [0.3, 0.4) is 0 Å². The van der Waals surface area contributed by atoms with E-state index < -0.39 is 33.1 Å². The second-order valence-electron chi connectivity index (χ2n) is 7.65. The lowest BCUT2D eigenvalue weighted by Crippen LogP contribution is -2.36. The number of nitrogens with one attached hydrogen (secondary N) is 1. The number of hydrogen-bond donors (Lipinski definition) is 1. The number of rotatable bonds is 6. The van der Waals surface area contributed by atoms with Crippen LogP contribution in [0.5, 0.6) is 0 Å². The van der Waals surface area contributed by atoms with E-state index in [2.05, 4.69) is 5.32 Å². The summed E-state index contributed by atoms with van der Waals surface area (Å²) in [6.45, 7) is 5.74. The van der Waals surface area contributed by atoms with E-state index in [1.807, 2.05) is 0 Å². The standard InChI is InChI=1S/C22H26N2O7S2/c1-5-31-22(27)24-10-9-16-17(12-24)32-20(18(16)21(26)30-4)23-19(25)14-7-6-8-15(11-14)33(28,29)13(2)3/h6-8,11,13H,5,9-10,12H2,1-4H3,(H,23,25). The van der Waals surface area contributed by atoms with Crippen molar-refractivity contribution in [3.63, 3.8) is 0 Å². The summed E-state index contributed by atoms with van der Waals surface area (Å²) in [6, 6.07) is 5.77. The zero-order valence-corrected chi connectivity index (χ0v) is 20.5. The molecule has 0 radical (unpaired) electrons. The molecule has 0 aliphatic carbocycles. The molecule has 0 saturated carbocycles. The van der Waals surface area contributed by atoms with Gasteiger partial charge in [0, 0.05) is 17.0 Å². The summed E-state index contributed by atoms with van der Waals surface area (Å²) in [4.78, 5) is 39.9. The van der Waals surface area contributed by atoms with Crippen molar-refractivity contribution < 1.29 is 32.3 Å². The summed E-state index contributed by atoms with van der Waals surface area (Å²) in [5.74, 6) is -1.15. The molecule has 2 aromatic rings. The van der Waals surface area contributed by atoms with E-state index in [9.17, 15) is 22.8 Å². The van der Waals surface area contributed by atoms with Crippen LogP contribution in [-0.2, 0) is 32.3 Å². The SMILES string of the molecule is CCOC(=O)N1CCc2c(sc(NC(=O)c3cccc(S(=O)(=O)C(C)C)c3)c2C(=O)OC)C1. The van der Waals surface area contributed by atoms with Crippen LogP contribution in [0.2, 0.25) is 0 Å². The molecule has 178 valence electrons. The summed E-state index contributed by atoms with van der Waals surface area (Å²) in [6.07, 6.45) is -0.0301. The fourth-order valence-electron chi connectivity index (χ4n) is 3.44. The molecule has 11 heteroatoms. The van der Waals surface area contributed by atoms with Gasteiger partial charge in [-0.25, -0.2) is 18.0 Å². The molecule has 2 heterocycles. The van der Waals surface area contributed by atoms with Crippen LogP contribution in [0.25, 0.3) is 0 Å². The Bertz CT molecular complexity index is 1190. The van der Waals surface area contributed by atoms with Gasteiger partial charge in [-0.3, -0.25) is 4.79 Å². The van der Waals surface area contributed by atoms with Crippen molar-refractivity contribution in [3.05, 3.63) is 45.8 Å². The van der Waals surface area contributed by atoms with Gasteiger partial charge in [-0.1, -0.05) is 6.07 Å². The number of methoxy groups -OCH3 is 1. The number of benzene rings is 1. The maximum Gasteiger partial charge on any atom is 0.410 e. The van der Waals surface area contributed by atoms with E-state index in [1.54, 1.807) is 20.8 Å². The van der Waals surface area contributed by atoms with Crippen LogP contribution in [0.15, 0.2) is 29.2 Å². The number of thiophene rings is 1. The number of carbonyl (C=O) groups excluding carboxylic acids is 3. The molecule has 0 unspecified atom stereocenters. The molecule has 3 rings (SSSR count). The topological polar surface area (TPSA) is 119 Å². The number of fused-ring (bicyclic) bond motifs is 1. The van der Waals surface area contributed by atoms with Crippen LogP contribution in [0, 0.1) is 0 Å². The zero-order chi connectivity index (χ0) is 24.3. The van der Waals surface area contributed by atoms with Crippen molar-refractivity contribution in [2.75, 3.05) is 25.6 Å². The Labute approximate surface area is 196 Å². The first-order chi connectivity index (χ1) is 15.6. The minimum Gasteiger partial charge on any atom is -0.465 e. The first-order valence-corrected chi connectivity index (χ1v) is 12.8. The lowest BCUT2D eigenvalue weighted by molar-refractivity contribution is 0.0600.